The van der Waals surface area contributed by atoms with E-state index in [1.807, 2.05) is 18.2 Å². The molecular weight excluding hydrogens is 278 g/mol. The van der Waals surface area contributed by atoms with Crippen molar-refractivity contribution in [3.63, 3.8) is 0 Å². The van der Waals surface area contributed by atoms with Gasteiger partial charge < -0.3 is 15.0 Å². The van der Waals surface area contributed by atoms with Crippen LogP contribution < -0.4 is 5.32 Å². The van der Waals surface area contributed by atoms with Gasteiger partial charge in [0.1, 0.15) is 5.82 Å². The largest absolute Gasteiger partial charge is 0.381 e. The summed E-state index contributed by atoms with van der Waals surface area (Å²) in [7, 11) is 0. The van der Waals surface area contributed by atoms with Crippen LogP contribution in [0, 0.1) is 11.8 Å². The summed E-state index contributed by atoms with van der Waals surface area (Å²) >= 11 is 0. The van der Waals surface area contributed by atoms with Gasteiger partial charge in [-0.15, -0.1) is 0 Å². The Morgan fingerprint density at radius 1 is 1.32 bits per heavy atom. The molecule has 5 heteroatoms. The zero-order valence-electron chi connectivity index (χ0n) is 13.0. The predicted octanol–water partition coefficient (Wildman–Crippen LogP) is 2.16. The lowest BCUT2D eigenvalue weighted by atomic mass is 9.94. The smallest absolute Gasteiger partial charge is 0.229 e. The molecule has 1 aromatic heterocycles. The first-order valence-corrected chi connectivity index (χ1v) is 8.33. The van der Waals surface area contributed by atoms with Crippen LogP contribution in [0.2, 0.25) is 0 Å². The van der Waals surface area contributed by atoms with Crippen molar-refractivity contribution in [3.8, 4) is 0 Å². The molecule has 0 aromatic carbocycles. The van der Waals surface area contributed by atoms with Crippen molar-refractivity contribution >= 4 is 11.7 Å². The number of nitrogens with one attached hydrogen (secondary N) is 1. The Bertz CT molecular complexity index is 474. The summed E-state index contributed by atoms with van der Waals surface area (Å²) in [4.78, 5) is 19.0. The quantitative estimate of drug-likeness (QED) is 0.926. The molecule has 3 heterocycles. The average molecular weight is 303 g/mol. The van der Waals surface area contributed by atoms with Crippen molar-refractivity contribution in [2.45, 2.75) is 25.7 Å². The molecule has 1 aromatic rings. The zero-order valence-corrected chi connectivity index (χ0v) is 13.0. The number of piperidine rings is 1. The van der Waals surface area contributed by atoms with Gasteiger partial charge in [-0.2, -0.15) is 0 Å². The summed E-state index contributed by atoms with van der Waals surface area (Å²) in [6.45, 7) is 4.88. The van der Waals surface area contributed by atoms with Crippen LogP contribution in [0.4, 0.5) is 5.82 Å². The maximum Gasteiger partial charge on any atom is 0.229 e. The first-order chi connectivity index (χ1) is 10.8. The molecule has 0 saturated carbocycles. The molecule has 0 bridgehead atoms. The van der Waals surface area contributed by atoms with Crippen molar-refractivity contribution in [1.29, 1.82) is 0 Å². The van der Waals surface area contributed by atoms with E-state index in [-0.39, 0.29) is 11.8 Å². The van der Waals surface area contributed by atoms with E-state index in [1.165, 1.54) is 0 Å². The third kappa shape index (κ3) is 4.27. The lowest BCUT2D eigenvalue weighted by Gasteiger charge is -2.35. The zero-order chi connectivity index (χ0) is 15.2. The molecule has 3 rings (SSSR count). The number of likely N-dealkylation sites (tertiary alicyclic amines) is 1. The minimum atomic E-state index is 0.0793. The lowest BCUT2D eigenvalue weighted by Crippen LogP contribution is -2.43. The van der Waals surface area contributed by atoms with Gasteiger partial charge in [-0.05, 0) is 50.3 Å². The van der Waals surface area contributed by atoms with Gasteiger partial charge >= 0.3 is 0 Å². The molecule has 120 valence electrons. The third-order valence-corrected chi connectivity index (χ3v) is 4.65. The molecule has 5 nitrogen and oxygen atoms in total. The summed E-state index contributed by atoms with van der Waals surface area (Å²) in [5, 5.41) is 2.94. The maximum absolute atomic E-state index is 12.4. The van der Waals surface area contributed by atoms with Crippen LogP contribution >= 0.6 is 0 Å². The van der Waals surface area contributed by atoms with E-state index >= 15 is 0 Å². The fourth-order valence-corrected chi connectivity index (χ4v) is 3.39. The van der Waals surface area contributed by atoms with Crippen LogP contribution in [-0.2, 0) is 9.53 Å². The number of nitrogens with zero attached hydrogens (tertiary/aromatic N) is 2. The number of ether oxygens (including phenoxy) is 1. The molecule has 2 saturated heterocycles. The molecular formula is C17H25N3O2. The molecule has 1 unspecified atom stereocenters. The predicted molar refractivity (Wildman–Crippen MR) is 85.6 cm³/mol. The third-order valence-electron chi connectivity index (χ3n) is 4.65. The number of rotatable bonds is 4. The first kappa shape index (κ1) is 15.4. The highest BCUT2D eigenvalue weighted by atomic mass is 16.5. The average Bonchev–Trinajstić information content (AvgIpc) is 2.57. The molecule has 2 aliphatic heterocycles. The van der Waals surface area contributed by atoms with Crippen molar-refractivity contribution in [2.24, 2.45) is 11.8 Å². The maximum atomic E-state index is 12.4. The fourth-order valence-electron chi connectivity index (χ4n) is 3.39. The Hall–Kier alpha value is -1.46. The minimum Gasteiger partial charge on any atom is -0.381 e. The Kier molecular flexibility index (Phi) is 5.40. The monoisotopic (exact) mass is 303 g/mol. The van der Waals surface area contributed by atoms with E-state index in [2.05, 4.69) is 15.2 Å². The Labute approximate surface area is 132 Å². The molecule has 0 aliphatic carbocycles. The number of carbonyl (C=O) groups is 1. The van der Waals surface area contributed by atoms with E-state index in [0.717, 1.165) is 64.4 Å². The summed E-state index contributed by atoms with van der Waals surface area (Å²) in [6, 6.07) is 5.58. The molecule has 22 heavy (non-hydrogen) atoms. The number of aromatic nitrogens is 1. The first-order valence-electron chi connectivity index (χ1n) is 8.33. The topological polar surface area (TPSA) is 54.5 Å². The number of pyridine rings is 1. The van der Waals surface area contributed by atoms with Gasteiger partial charge in [-0.25, -0.2) is 4.98 Å². The summed E-state index contributed by atoms with van der Waals surface area (Å²) in [5.74, 6) is 1.56. The van der Waals surface area contributed by atoms with Gasteiger partial charge in [0.25, 0.3) is 0 Å². The van der Waals surface area contributed by atoms with Crippen molar-refractivity contribution in [2.75, 3.05) is 38.2 Å². The summed E-state index contributed by atoms with van der Waals surface area (Å²) in [5.41, 5.74) is 0. The van der Waals surface area contributed by atoms with E-state index in [9.17, 15) is 4.79 Å². The van der Waals surface area contributed by atoms with Crippen molar-refractivity contribution in [1.82, 2.24) is 9.88 Å². The van der Waals surface area contributed by atoms with Crippen LogP contribution in [0.15, 0.2) is 24.4 Å². The lowest BCUT2D eigenvalue weighted by molar-refractivity contribution is -0.121. The summed E-state index contributed by atoms with van der Waals surface area (Å²) in [6.07, 6.45) is 6.09. The number of carbonyl (C=O) groups excluding carboxylic acids is 1. The highest BCUT2D eigenvalue weighted by Crippen LogP contribution is 2.22. The van der Waals surface area contributed by atoms with Crippen LogP contribution in [0.3, 0.4) is 0 Å². The highest BCUT2D eigenvalue weighted by Gasteiger charge is 2.27. The number of hydrogen-bond donors (Lipinski definition) is 1. The van der Waals surface area contributed by atoms with Crippen LogP contribution in [0.25, 0.3) is 0 Å². The van der Waals surface area contributed by atoms with Gasteiger partial charge in [0.15, 0.2) is 0 Å². The van der Waals surface area contributed by atoms with Gasteiger partial charge in [0.05, 0.1) is 5.92 Å². The molecule has 2 aliphatic rings. The Balaban J connectivity index is 1.50. The van der Waals surface area contributed by atoms with Gasteiger partial charge in [-0.3, -0.25) is 4.79 Å². The second-order valence-corrected chi connectivity index (χ2v) is 6.36. The van der Waals surface area contributed by atoms with Gasteiger partial charge in [0.2, 0.25) is 5.91 Å². The molecule has 2 fully saturated rings. The second kappa shape index (κ2) is 7.70. The SMILES string of the molecule is O=C(Nc1ccccn1)C1CCCN(CC2CCOCC2)C1. The van der Waals surface area contributed by atoms with Crippen LogP contribution in [0.1, 0.15) is 25.7 Å². The molecule has 1 atom stereocenters. The normalized spacial score (nSPS) is 24.1. The van der Waals surface area contributed by atoms with E-state index in [4.69, 9.17) is 4.74 Å². The number of hydrogen-bond acceptors (Lipinski definition) is 4. The molecule has 1 N–H and O–H groups in total. The fraction of sp³-hybridized carbons (Fsp3) is 0.647. The second-order valence-electron chi connectivity index (χ2n) is 6.36. The van der Waals surface area contributed by atoms with Crippen LogP contribution in [-0.4, -0.2) is 48.6 Å². The van der Waals surface area contributed by atoms with E-state index in [0.29, 0.717) is 5.82 Å². The number of amides is 1. The standard InChI is InChI=1S/C17H25N3O2/c21-17(19-16-5-1-2-8-18-16)15-4-3-9-20(13-15)12-14-6-10-22-11-7-14/h1-2,5,8,14-15H,3-4,6-7,9-13H2,(H,18,19,21). The minimum absolute atomic E-state index is 0.0793. The molecule has 0 spiro atoms. The highest BCUT2D eigenvalue weighted by molar-refractivity contribution is 5.91. The van der Waals surface area contributed by atoms with Crippen molar-refractivity contribution in [3.05, 3.63) is 24.4 Å². The van der Waals surface area contributed by atoms with E-state index < -0.39 is 0 Å². The van der Waals surface area contributed by atoms with Gasteiger partial charge in [-0.1, -0.05) is 6.07 Å². The van der Waals surface area contributed by atoms with E-state index in [1.54, 1.807) is 6.20 Å². The van der Waals surface area contributed by atoms with Crippen LogP contribution in [0.5, 0.6) is 0 Å². The molecule has 0 radical (unpaired) electrons. The Morgan fingerprint density at radius 2 is 2.18 bits per heavy atom. The van der Waals surface area contributed by atoms with Crippen molar-refractivity contribution < 1.29 is 9.53 Å². The van der Waals surface area contributed by atoms with Gasteiger partial charge in [0, 0.05) is 32.5 Å². The summed E-state index contributed by atoms with van der Waals surface area (Å²) < 4.78 is 5.43. The number of anilines is 1. The Morgan fingerprint density at radius 3 is 2.95 bits per heavy atom. The molecule has 1 amide bonds.